The van der Waals surface area contributed by atoms with Crippen LogP contribution < -0.4 is 5.32 Å². The number of hydrogen-bond acceptors (Lipinski definition) is 1. The van der Waals surface area contributed by atoms with Crippen LogP contribution in [0.15, 0.2) is 11.6 Å². The molecule has 0 heterocycles. The first-order valence-electron chi connectivity index (χ1n) is 5.49. The third kappa shape index (κ3) is 2.53. The van der Waals surface area contributed by atoms with Gasteiger partial charge in [0, 0.05) is 6.04 Å². The molecule has 0 saturated heterocycles. The molecule has 0 unspecified atom stereocenters. The second kappa shape index (κ2) is 3.97. The van der Waals surface area contributed by atoms with Gasteiger partial charge in [0.05, 0.1) is 6.54 Å². The Morgan fingerprint density at radius 1 is 1.36 bits per heavy atom. The van der Waals surface area contributed by atoms with Gasteiger partial charge in [-0.25, -0.2) is 8.78 Å². The highest BCUT2D eigenvalue weighted by atomic mass is 19.3. The van der Waals surface area contributed by atoms with E-state index in [9.17, 15) is 8.78 Å². The zero-order valence-corrected chi connectivity index (χ0v) is 8.36. The van der Waals surface area contributed by atoms with E-state index < -0.39 is 5.92 Å². The van der Waals surface area contributed by atoms with Crippen molar-refractivity contribution in [3.8, 4) is 0 Å². The third-order valence-electron chi connectivity index (χ3n) is 2.95. The van der Waals surface area contributed by atoms with Crippen LogP contribution in [0.2, 0.25) is 0 Å². The number of nitrogens with one attached hydrogen (secondary N) is 1. The Kier molecular flexibility index (Phi) is 2.86. The number of allylic oxidation sites excluding steroid dienone is 1. The van der Waals surface area contributed by atoms with Crippen LogP contribution in [-0.2, 0) is 0 Å². The van der Waals surface area contributed by atoms with Crippen LogP contribution in [0.3, 0.4) is 0 Å². The van der Waals surface area contributed by atoms with Crippen LogP contribution >= 0.6 is 0 Å². The highest BCUT2D eigenvalue weighted by molar-refractivity contribution is 5.15. The van der Waals surface area contributed by atoms with Crippen molar-refractivity contribution in [1.82, 2.24) is 5.32 Å². The lowest BCUT2D eigenvalue weighted by atomic mass is 9.95. The van der Waals surface area contributed by atoms with Gasteiger partial charge < -0.3 is 5.32 Å². The molecule has 0 radical (unpaired) electrons. The summed E-state index contributed by atoms with van der Waals surface area (Å²) in [6.07, 6.45) is 7.26. The fourth-order valence-corrected chi connectivity index (χ4v) is 1.84. The summed E-state index contributed by atoms with van der Waals surface area (Å²) in [5.74, 6) is -2.61. The van der Waals surface area contributed by atoms with Crippen LogP contribution in [0.5, 0.6) is 0 Å². The Morgan fingerprint density at radius 2 is 2.14 bits per heavy atom. The lowest BCUT2D eigenvalue weighted by molar-refractivity contribution is 0.0362. The Balaban J connectivity index is 1.87. The predicted molar refractivity (Wildman–Crippen MR) is 52.5 cm³/mol. The summed E-state index contributed by atoms with van der Waals surface area (Å²) in [7, 11) is 0. The van der Waals surface area contributed by atoms with E-state index in [1.807, 2.05) is 0 Å². The van der Waals surface area contributed by atoms with Gasteiger partial charge in [0.1, 0.15) is 0 Å². The molecule has 1 nitrogen and oxygen atoms in total. The first kappa shape index (κ1) is 10.1. The van der Waals surface area contributed by atoms with Crippen LogP contribution in [-0.4, -0.2) is 18.5 Å². The molecule has 14 heavy (non-hydrogen) atoms. The van der Waals surface area contributed by atoms with E-state index in [1.165, 1.54) is 0 Å². The van der Waals surface area contributed by atoms with Crippen molar-refractivity contribution in [2.75, 3.05) is 6.54 Å². The van der Waals surface area contributed by atoms with Crippen molar-refractivity contribution in [3.63, 3.8) is 0 Å². The molecule has 1 saturated carbocycles. The molecule has 80 valence electrons. The topological polar surface area (TPSA) is 12.0 Å². The van der Waals surface area contributed by atoms with E-state index in [0.29, 0.717) is 18.0 Å². The molecule has 0 atom stereocenters. The average molecular weight is 201 g/mol. The maximum Gasteiger partial charge on any atom is 0.281 e. The largest absolute Gasteiger partial charge is 0.308 e. The van der Waals surface area contributed by atoms with Gasteiger partial charge in [-0.3, -0.25) is 0 Å². The third-order valence-corrected chi connectivity index (χ3v) is 2.95. The Bertz CT molecular complexity index is 231. The summed E-state index contributed by atoms with van der Waals surface area (Å²) in [5, 5.41) is 2.90. The molecule has 0 aromatic heterocycles. The predicted octanol–water partition coefficient (Wildman–Crippen LogP) is 2.87. The molecule has 2 aliphatic rings. The van der Waals surface area contributed by atoms with E-state index in [2.05, 4.69) is 5.32 Å². The van der Waals surface area contributed by atoms with Gasteiger partial charge in [-0.2, -0.15) is 0 Å². The molecule has 0 bridgehead atoms. The molecular weight excluding hydrogens is 184 g/mol. The summed E-state index contributed by atoms with van der Waals surface area (Å²) >= 11 is 0. The maximum absolute atomic E-state index is 13.6. The molecule has 2 aliphatic carbocycles. The summed E-state index contributed by atoms with van der Waals surface area (Å²) in [5.41, 5.74) is 0.358. The minimum atomic E-state index is -2.61. The van der Waals surface area contributed by atoms with E-state index in [-0.39, 0.29) is 6.54 Å². The number of rotatable bonds is 4. The highest BCUT2D eigenvalue weighted by Crippen LogP contribution is 2.32. The zero-order valence-electron chi connectivity index (χ0n) is 8.36. The lowest BCUT2D eigenvalue weighted by Gasteiger charge is -2.23. The van der Waals surface area contributed by atoms with Crippen molar-refractivity contribution in [2.45, 2.75) is 50.5 Å². The molecule has 1 N–H and O–H groups in total. The van der Waals surface area contributed by atoms with Crippen LogP contribution in [0.1, 0.15) is 38.5 Å². The normalized spacial score (nSPS) is 23.4. The Hall–Kier alpha value is -0.440. The first-order chi connectivity index (χ1) is 6.68. The summed E-state index contributed by atoms with van der Waals surface area (Å²) in [6, 6.07) is 0.366. The van der Waals surface area contributed by atoms with Gasteiger partial charge in [-0.15, -0.1) is 0 Å². The number of halogens is 2. The quantitative estimate of drug-likeness (QED) is 0.690. The Morgan fingerprint density at radius 3 is 2.71 bits per heavy atom. The molecule has 0 aromatic rings. The van der Waals surface area contributed by atoms with Crippen molar-refractivity contribution < 1.29 is 8.78 Å². The first-order valence-corrected chi connectivity index (χ1v) is 5.49. The fraction of sp³-hybridized carbons (Fsp3) is 0.818. The van der Waals surface area contributed by atoms with Gasteiger partial charge in [0.15, 0.2) is 0 Å². The molecule has 0 amide bonds. The summed E-state index contributed by atoms with van der Waals surface area (Å²) in [6.45, 7) is -0.163. The minimum Gasteiger partial charge on any atom is -0.308 e. The number of hydrogen-bond donors (Lipinski definition) is 1. The van der Waals surface area contributed by atoms with Crippen LogP contribution in [0.25, 0.3) is 0 Å². The zero-order chi connectivity index (χ0) is 10.0. The van der Waals surface area contributed by atoms with Crippen molar-refractivity contribution in [2.24, 2.45) is 0 Å². The number of alkyl halides is 2. The molecule has 1 fully saturated rings. The smallest absolute Gasteiger partial charge is 0.281 e. The molecular formula is C11H17F2N. The van der Waals surface area contributed by atoms with Gasteiger partial charge in [-0.1, -0.05) is 6.08 Å². The molecule has 0 spiro atoms. The van der Waals surface area contributed by atoms with Crippen LogP contribution in [0, 0.1) is 0 Å². The standard InChI is InChI=1S/C11H17F2N/c12-11(13,8-14-10-6-7-10)9-4-2-1-3-5-9/h4,10,14H,1-3,5-8H2. The second-order valence-electron chi connectivity index (χ2n) is 4.33. The van der Waals surface area contributed by atoms with Gasteiger partial charge in [0.2, 0.25) is 0 Å². The van der Waals surface area contributed by atoms with Crippen molar-refractivity contribution in [1.29, 1.82) is 0 Å². The van der Waals surface area contributed by atoms with E-state index in [4.69, 9.17) is 0 Å². The lowest BCUT2D eigenvalue weighted by Crippen LogP contribution is -2.36. The fourth-order valence-electron chi connectivity index (χ4n) is 1.84. The van der Waals surface area contributed by atoms with E-state index in [0.717, 1.165) is 32.1 Å². The van der Waals surface area contributed by atoms with Crippen molar-refractivity contribution >= 4 is 0 Å². The molecule has 3 heteroatoms. The maximum atomic E-state index is 13.6. The van der Waals surface area contributed by atoms with Gasteiger partial charge in [-0.05, 0) is 44.1 Å². The van der Waals surface area contributed by atoms with E-state index >= 15 is 0 Å². The van der Waals surface area contributed by atoms with E-state index in [1.54, 1.807) is 6.08 Å². The average Bonchev–Trinajstić information content (AvgIpc) is 3.00. The van der Waals surface area contributed by atoms with Gasteiger partial charge in [0.25, 0.3) is 5.92 Å². The van der Waals surface area contributed by atoms with Gasteiger partial charge >= 0.3 is 0 Å². The Labute approximate surface area is 83.6 Å². The van der Waals surface area contributed by atoms with Crippen LogP contribution in [0.4, 0.5) is 8.78 Å². The summed E-state index contributed by atoms with van der Waals surface area (Å²) < 4.78 is 27.1. The van der Waals surface area contributed by atoms with Crippen molar-refractivity contribution in [3.05, 3.63) is 11.6 Å². The highest BCUT2D eigenvalue weighted by Gasteiger charge is 2.35. The SMILES string of the molecule is FC(F)(CNC1CC1)C1=CCCCC1. The molecule has 0 aliphatic heterocycles. The summed E-state index contributed by atoms with van der Waals surface area (Å²) in [4.78, 5) is 0. The monoisotopic (exact) mass is 201 g/mol. The second-order valence-corrected chi connectivity index (χ2v) is 4.33. The molecule has 0 aromatic carbocycles. The molecule has 2 rings (SSSR count). The minimum absolute atomic E-state index is 0.163.